The fourth-order valence-corrected chi connectivity index (χ4v) is 2.92. The smallest absolute Gasteiger partial charge is 0.254 e. The van der Waals surface area contributed by atoms with E-state index < -0.39 is 0 Å². The summed E-state index contributed by atoms with van der Waals surface area (Å²) in [6, 6.07) is 10.1. The van der Waals surface area contributed by atoms with Gasteiger partial charge in [-0.3, -0.25) is 9.69 Å². The lowest BCUT2D eigenvalue weighted by Crippen LogP contribution is -2.43. The number of nitrogens with two attached hydrogens (primary N) is 1. The van der Waals surface area contributed by atoms with Gasteiger partial charge in [0.25, 0.3) is 5.91 Å². The number of carbonyl (C=O) groups is 1. The molecule has 1 aliphatic rings. The fourth-order valence-electron chi connectivity index (χ4n) is 2.92. The summed E-state index contributed by atoms with van der Waals surface area (Å²) in [5.41, 5.74) is 8.38. The predicted molar refractivity (Wildman–Crippen MR) is 119 cm³/mol. The maximum atomic E-state index is 12.1. The van der Waals surface area contributed by atoms with E-state index in [1.807, 2.05) is 0 Å². The summed E-state index contributed by atoms with van der Waals surface area (Å²) in [7, 11) is 2.17. The van der Waals surface area contributed by atoms with Crippen LogP contribution in [0.25, 0.3) is 0 Å². The van der Waals surface area contributed by atoms with Crippen molar-refractivity contribution in [3.05, 3.63) is 59.0 Å². The minimum Gasteiger partial charge on any atom is -0.467 e. The Balaban J connectivity index is 0.00000243. The molecular formula is C19H29Cl3N4O2. The van der Waals surface area contributed by atoms with Gasteiger partial charge in [-0.25, -0.2) is 0 Å². The monoisotopic (exact) mass is 450 g/mol. The third kappa shape index (κ3) is 7.62. The zero-order valence-electron chi connectivity index (χ0n) is 15.9. The molecule has 3 rings (SSSR count). The average molecular weight is 452 g/mol. The lowest BCUT2D eigenvalue weighted by Gasteiger charge is -2.32. The summed E-state index contributed by atoms with van der Waals surface area (Å²) in [5, 5.41) is 2.90. The highest BCUT2D eigenvalue weighted by Gasteiger charge is 2.14. The largest absolute Gasteiger partial charge is 0.467 e. The van der Waals surface area contributed by atoms with Crippen LogP contribution in [-0.2, 0) is 19.6 Å². The van der Waals surface area contributed by atoms with Crippen molar-refractivity contribution in [2.75, 3.05) is 33.2 Å². The lowest BCUT2D eigenvalue weighted by molar-refractivity contribution is 0.0950. The first kappa shape index (κ1) is 26.7. The van der Waals surface area contributed by atoms with Gasteiger partial charge in [0.05, 0.1) is 12.1 Å². The summed E-state index contributed by atoms with van der Waals surface area (Å²) in [4.78, 5) is 16.9. The highest BCUT2D eigenvalue weighted by molar-refractivity contribution is 5.93. The van der Waals surface area contributed by atoms with Crippen LogP contribution in [0.2, 0.25) is 0 Å². The molecule has 1 aromatic heterocycles. The van der Waals surface area contributed by atoms with E-state index in [1.165, 1.54) is 11.8 Å². The van der Waals surface area contributed by atoms with Gasteiger partial charge in [-0.05, 0) is 24.2 Å². The van der Waals surface area contributed by atoms with E-state index in [0.29, 0.717) is 24.4 Å². The van der Waals surface area contributed by atoms with Crippen molar-refractivity contribution >= 4 is 43.1 Å². The number of likely N-dealkylation sites (N-methyl/N-ethyl adjacent to an activating group) is 1. The first-order chi connectivity index (χ1) is 12.1. The SMILES string of the molecule is CN1CCN(Cc2ccc(CNC(=O)c3coc(CN)c3)cc2)CC1.Cl.Cl.Cl. The standard InChI is InChI=1S/C19H26N4O2.3ClH/c1-22-6-8-23(9-7-22)13-16-4-2-15(3-5-16)12-21-19(24)17-10-18(11-20)25-14-17;;;/h2-5,10,14H,6-9,11-13,20H2,1H3,(H,21,24);3*1H. The number of nitrogens with zero attached hydrogens (tertiary/aromatic N) is 2. The number of hydrogen-bond acceptors (Lipinski definition) is 5. The Hall–Kier alpha value is -1.28. The minimum atomic E-state index is -0.148. The van der Waals surface area contributed by atoms with Gasteiger partial charge in [-0.2, -0.15) is 0 Å². The molecule has 9 heteroatoms. The molecule has 3 N–H and O–H groups in total. The van der Waals surface area contributed by atoms with Crippen molar-refractivity contribution in [1.82, 2.24) is 15.1 Å². The van der Waals surface area contributed by atoms with Crippen molar-refractivity contribution < 1.29 is 9.21 Å². The fraction of sp³-hybridized carbons (Fsp3) is 0.421. The van der Waals surface area contributed by atoms with E-state index in [2.05, 4.69) is 46.4 Å². The summed E-state index contributed by atoms with van der Waals surface area (Å²) < 4.78 is 5.19. The van der Waals surface area contributed by atoms with E-state index in [1.54, 1.807) is 6.07 Å². The van der Waals surface area contributed by atoms with Crippen molar-refractivity contribution in [3.63, 3.8) is 0 Å². The second kappa shape index (κ2) is 13.0. The van der Waals surface area contributed by atoms with Gasteiger partial charge in [0.2, 0.25) is 0 Å². The van der Waals surface area contributed by atoms with Gasteiger partial charge in [-0.15, -0.1) is 37.2 Å². The topological polar surface area (TPSA) is 74.7 Å². The van der Waals surface area contributed by atoms with Gasteiger partial charge in [0, 0.05) is 39.3 Å². The Kier molecular flexibility index (Phi) is 12.4. The summed E-state index contributed by atoms with van der Waals surface area (Å²) in [5.74, 6) is 0.461. The van der Waals surface area contributed by atoms with E-state index in [9.17, 15) is 4.79 Å². The average Bonchev–Trinajstić information content (AvgIpc) is 3.12. The Bertz CT molecular complexity index is 701. The first-order valence-corrected chi connectivity index (χ1v) is 8.68. The van der Waals surface area contributed by atoms with Gasteiger partial charge in [-0.1, -0.05) is 24.3 Å². The molecule has 1 fully saturated rings. The van der Waals surface area contributed by atoms with Crippen molar-refractivity contribution in [2.45, 2.75) is 19.6 Å². The summed E-state index contributed by atoms with van der Waals surface area (Å²) >= 11 is 0. The molecule has 2 aromatic rings. The third-order valence-corrected chi connectivity index (χ3v) is 4.60. The van der Waals surface area contributed by atoms with E-state index in [-0.39, 0.29) is 43.1 Å². The maximum Gasteiger partial charge on any atom is 0.254 e. The van der Waals surface area contributed by atoms with Crippen molar-refractivity contribution in [3.8, 4) is 0 Å². The lowest BCUT2D eigenvalue weighted by atomic mass is 10.1. The molecule has 0 saturated carbocycles. The zero-order valence-corrected chi connectivity index (χ0v) is 18.4. The Morgan fingerprint density at radius 2 is 1.68 bits per heavy atom. The van der Waals surface area contributed by atoms with Crippen LogP contribution in [0.15, 0.2) is 41.0 Å². The predicted octanol–water partition coefficient (Wildman–Crippen LogP) is 2.68. The number of benzene rings is 1. The third-order valence-electron chi connectivity index (χ3n) is 4.60. The van der Waals surface area contributed by atoms with E-state index >= 15 is 0 Å². The van der Waals surface area contributed by atoms with Crippen LogP contribution >= 0.6 is 37.2 Å². The molecule has 1 aromatic carbocycles. The molecule has 158 valence electrons. The molecule has 1 aliphatic heterocycles. The number of nitrogens with one attached hydrogen (secondary N) is 1. The number of amides is 1. The van der Waals surface area contributed by atoms with E-state index in [4.69, 9.17) is 10.2 Å². The Labute approximate surface area is 185 Å². The molecular weight excluding hydrogens is 423 g/mol. The van der Waals surface area contributed by atoms with Crippen molar-refractivity contribution in [1.29, 1.82) is 0 Å². The number of piperazine rings is 1. The molecule has 0 bridgehead atoms. The molecule has 0 unspecified atom stereocenters. The number of hydrogen-bond donors (Lipinski definition) is 2. The second-order valence-electron chi connectivity index (χ2n) is 6.58. The first-order valence-electron chi connectivity index (χ1n) is 8.68. The molecule has 0 spiro atoms. The van der Waals surface area contributed by atoms with Crippen LogP contribution in [-0.4, -0.2) is 48.9 Å². The molecule has 0 atom stereocenters. The quantitative estimate of drug-likeness (QED) is 0.706. The highest BCUT2D eigenvalue weighted by atomic mass is 35.5. The molecule has 6 nitrogen and oxygen atoms in total. The number of halogens is 3. The van der Waals surface area contributed by atoms with Crippen LogP contribution in [0, 0.1) is 0 Å². The summed E-state index contributed by atoms with van der Waals surface area (Å²) in [6.07, 6.45) is 1.44. The Morgan fingerprint density at radius 1 is 1.07 bits per heavy atom. The van der Waals surface area contributed by atoms with Crippen molar-refractivity contribution in [2.24, 2.45) is 5.73 Å². The molecule has 2 heterocycles. The van der Waals surface area contributed by atoms with Crippen LogP contribution in [0.5, 0.6) is 0 Å². The highest BCUT2D eigenvalue weighted by Crippen LogP contribution is 2.11. The molecule has 0 radical (unpaired) electrons. The van der Waals surface area contributed by atoms with E-state index in [0.717, 1.165) is 38.3 Å². The van der Waals surface area contributed by atoms with Gasteiger partial charge in [0.15, 0.2) is 0 Å². The Morgan fingerprint density at radius 3 is 2.25 bits per heavy atom. The zero-order chi connectivity index (χ0) is 17.6. The number of furan rings is 1. The van der Waals surface area contributed by atoms with Gasteiger partial charge in [0.1, 0.15) is 12.0 Å². The minimum absolute atomic E-state index is 0. The van der Waals surface area contributed by atoms with Crippen LogP contribution in [0.1, 0.15) is 27.2 Å². The van der Waals surface area contributed by atoms with Crippen LogP contribution in [0.4, 0.5) is 0 Å². The van der Waals surface area contributed by atoms with Crippen LogP contribution in [0.3, 0.4) is 0 Å². The molecule has 0 aliphatic carbocycles. The maximum absolute atomic E-state index is 12.1. The number of rotatable bonds is 6. The molecule has 28 heavy (non-hydrogen) atoms. The second-order valence-corrected chi connectivity index (χ2v) is 6.58. The van der Waals surface area contributed by atoms with Gasteiger partial charge >= 0.3 is 0 Å². The molecule has 1 saturated heterocycles. The summed E-state index contributed by atoms with van der Waals surface area (Å²) in [6.45, 7) is 6.26. The molecule has 1 amide bonds. The van der Waals surface area contributed by atoms with Crippen LogP contribution < -0.4 is 11.1 Å². The number of carbonyl (C=O) groups excluding carboxylic acids is 1. The normalized spacial score (nSPS) is 14.4. The van der Waals surface area contributed by atoms with Gasteiger partial charge < -0.3 is 20.4 Å².